The number of ether oxygens (including phenoxy) is 2. The maximum absolute atomic E-state index is 12.9. The van der Waals surface area contributed by atoms with E-state index < -0.39 is 5.41 Å². The van der Waals surface area contributed by atoms with Crippen LogP contribution in [-0.2, 0) is 4.79 Å². The number of nitrogens with one attached hydrogen (secondary N) is 1. The fraction of sp³-hybridized carbons (Fsp3) is 0.417. The Hall–Kier alpha value is -3.02. The second-order valence-corrected chi connectivity index (χ2v) is 8.08. The fourth-order valence-corrected chi connectivity index (χ4v) is 3.28. The third kappa shape index (κ3) is 4.75. The molecule has 1 aliphatic heterocycles. The van der Waals surface area contributed by atoms with Crippen molar-refractivity contribution < 1.29 is 19.1 Å². The number of carbonyl (C=O) groups excluding carboxylic acids is 2. The lowest BCUT2D eigenvalue weighted by atomic mass is 9.93. The molecule has 0 aliphatic carbocycles. The highest BCUT2D eigenvalue weighted by Gasteiger charge is 2.37. The van der Waals surface area contributed by atoms with E-state index in [0.29, 0.717) is 42.4 Å². The van der Waals surface area contributed by atoms with Crippen molar-refractivity contribution in [1.82, 2.24) is 0 Å². The van der Waals surface area contributed by atoms with Crippen LogP contribution in [0.1, 0.15) is 50.9 Å². The molecule has 0 radical (unpaired) electrons. The van der Waals surface area contributed by atoms with Gasteiger partial charge in [0.25, 0.3) is 5.91 Å². The van der Waals surface area contributed by atoms with E-state index in [0.717, 1.165) is 18.6 Å². The molecular weight excluding hydrogens is 380 g/mol. The lowest BCUT2D eigenvalue weighted by Crippen LogP contribution is -2.42. The van der Waals surface area contributed by atoms with Gasteiger partial charge in [0.05, 0.1) is 17.7 Å². The summed E-state index contributed by atoms with van der Waals surface area (Å²) in [6, 6.07) is 12.5. The normalized spacial score (nSPS) is 15.1. The van der Waals surface area contributed by atoms with Crippen molar-refractivity contribution in [3.05, 3.63) is 48.0 Å². The largest absolute Gasteiger partial charge is 0.494 e. The summed E-state index contributed by atoms with van der Waals surface area (Å²) in [7, 11) is 0. The van der Waals surface area contributed by atoms with Crippen LogP contribution in [0.15, 0.2) is 42.5 Å². The quantitative estimate of drug-likeness (QED) is 0.660. The van der Waals surface area contributed by atoms with E-state index >= 15 is 0 Å². The van der Waals surface area contributed by atoms with Gasteiger partial charge in [-0.3, -0.25) is 9.59 Å². The summed E-state index contributed by atoms with van der Waals surface area (Å²) in [5, 5.41) is 2.91. The van der Waals surface area contributed by atoms with Crippen LogP contribution in [-0.4, -0.2) is 31.6 Å². The van der Waals surface area contributed by atoms with Gasteiger partial charge in [0.2, 0.25) is 5.91 Å². The fourth-order valence-electron chi connectivity index (χ4n) is 3.28. The van der Waals surface area contributed by atoms with Crippen LogP contribution < -0.4 is 19.7 Å². The maximum Gasteiger partial charge on any atom is 0.255 e. The van der Waals surface area contributed by atoms with E-state index in [1.807, 2.05) is 20.8 Å². The molecule has 0 aromatic heterocycles. The Labute approximate surface area is 178 Å². The number of hydrogen-bond donors (Lipinski definition) is 1. The number of fused-ring (bicyclic) bond motifs is 1. The third-order valence-corrected chi connectivity index (χ3v) is 5.12. The minimum atomic E-state index is -0.612. The van der Waals surface area contributed by atoms with Crippen LogP contribution in [0.25, 0.3) is 0 Å². The Morgan fingerprint density at radius 1 is 1.17 bits per heavy atom. The number of amides is 2. The van der Waals surface area contributed by atoms with Gasteiger partial charge in [0, 0.05) is 17.8 Å². The first kappa shape index (κ1) is 21.7. The van der Waals surface area contributed by atoms with Gasteiger partial charge in [0.1, 0.15) is 18.1 Å². The molecule has 0 unspecified atom stereocenters. The molecule has 1 N–H and O–H groups in total. The number of hydrogen-bond acceptors (Lipinski definition) is 4. The predicted octanol–water partition coefficient (Wildman–Crippen LogP) is 4.89. The molecule has 0 bridgehead atoms. The van der Waals surface area contributed by atoms with Crippen LogP contribution in [0.3, 0.4) is 0 Å². The smallest absolute Gasteiger partial charge is 0.255 e. The zero-order valence-corrected chi connectivity index (χ0v) is 18.2. The molecule has 3 rings (SSSR count). The van der Waals surface area contributed by atoms with Gasteiger partial charge < -0.3 is 19.7 Å². The molecule has 2 aromatic rings. The van der Waals surface area contributed by atoms with Gasteiger partial charge in [-0.1, -0.05) is 13.3 Å². The van der Waals surface area contributed by atoms with Crippen LogP contribution in [0.5, 0.6) is 11.5 Å². The summed E-state index contributed by atoms with van der Waals surface area (Å²) in [4.78, 5) is 27.3. The minimum Gasteiger partial charge on any atom is -0.494 e. The van der Waals surface area contributed by atoms with E-state index in [1.54, 1.807) is 47.4 Å². The lowest BCUT2D eigenvalue weighted by molar-refractivity contribution is -0.127. The molecule has 6 heteroatoms. The molecular formula is C24H30N2O4. The number of carbonyl (C=O) groups is 2. The lowest BCUT2D eigenvalue weighted by Gasteiger charge is -2.27. The molecule has 0 saturated heterocycles. The van der Waals surface area contributed by atoms with Gasteiger partial charge in [-0.05, 0) is 69.7 Å². The van der Waals surface area contributed by atoms with E-state index in [-0.39, 0.29) is 11.8 Å². The second-order valence-electron chi connectivity index (χ2n) is 8.08. The number of benzene rings is 2. The van der Waals surface area contributed by atoms with Crippen molar-refractivity contribution in [2.24, 2.45) is 5.41 Å². The first-order chi connectivity index (χ1) is 14.4. The van der Waals surface area contributed by atoms with Crippen LogP contribution in [0, 0.1) is 5.41 Å². The highest BCUT2D eigenvalue weighted by atomic mass is 16.5. The number of anilines is 2. The molecule has 6 nitrogen and oxygen atoms in total. The van der Waals surface area contributed by atoms with Crippen molar-refractivity contribution in [1.29, 1.82) is 0 Å². The zero-order chi connectivity index (χ0) is 21.7. The SMILES string of the molecule is CCCCOc1ccc(C(=O)Nc2ccc3c(c2)N(CC)C(=O)C(C)(C)CO3)cc1. The Kier molecular flexibility index (Phi) is 6.65. The molecule has 2 amide bonds. The van der Waals surface area contributed by atoms with Crippen molar-refractivity contribution in [2.75, 3.05) is 30.0 Å². The van der Waals surface area contributed by atoms with Crippen molar-refractivity contribution in [3.8, 4) is 11.5 Å². The monoisotopic (exact) mass is 410 g/mol. The number of rotatable bonds is 7. The van der Waals surface area contributed by atoms with Gasteiger partial charge in [-0.15, -0.1) is 0 Å². The second kappa shape index (κ2) is 9.20. The Bertz CT molecular complexity index is 906. The standard InChI is InChI=1S/C24H30N2O4/c1-5-7-14-29-19-11-8-17(9-12-19)22(27)25-18-10-13-21-20(15-18)26(6-2)23(28)24(3,4)16-30-21/h8-13,15H,5-7,14,16H2,1-4H3,(H,25,27). The molecule has 0 saturated carbocycles. The number of nitrogens with zero attached hydrogens (tertiary/aromatic N) is 1. The first-order valence-electron chi connectivity index (χ1n) is 10.5. The molecule has 0 spiro atoms. The summed E-state index contributed by atoms with van der Waals surface area (Å²) >= 11 is 0. The Morgan fingerprint density at radius 2 is 1.90 bits per heavy atom. The highest BCUT2D eigenvalue weighted by molar-refractivity contribution is 6.05. The Morgan fingerprint density at radius 3 is 2.57 bits per heavy atom. The number of unbranched alkanes of at least 4 members (excludes halogenated alkanes) is 1. The molecule has 160 valence electrons. The molecule has 1 heterocycles. The maximum atomic E-state index is 12.9. The molecule has 2 aromatic carbocycles. The summed E-state index contributed by atoms with van der Waals surface area (Å²) in [6.07, 6.45) is 2.07. The summed E-state index contributed by atoms with van der Waals surface area (Å²) in [5.41, 5.74) is 1.20. The van der Waals surface area contributed by atoms with Crippen LogP contribution >= 0.6 is 0 Å². The van der Waals surface area contributed by atoms with Crippen LogP contribution in [0.4, 0.5) is 11.4 Å². The van der Waals surface area contributed by atoms with Crippen molar-refractivity contribution in [3.63, 3.8) is 0 Å². The van der Waals surface area contributed by atoms with E-state index in [4.69, 9.17) is 9.47 Å². The highest BCUT2D eigenvalue weighted by Crippen LogP contribution is 2.38. The molecule has 0 fully saturated rings. The molecule has 0 atom stereocenters. The third-order valence-electron chi connectivity index (χ3n) is 5.12. The van der Waals surface area contributed by atoms with E-state index in [1.165, 1.54) is 0 Å². The van der Waals surface area contributed by atoms with Gasteiger partial charge in [-0.2, -0.15) is 0 Å². The average molecular weight is 411 g/mol. The van der Waals surface area contributed by atoms with Gasteiger partial charge >= 0.3 is 0 Å². The zero-order valence-electron chi connectivity index (χ0n) is 18.2. The van der Waals surface area contributed by atoms with Crippen molar-refractivity contribution >= 4 is 23.2 Å². The first-order valence-corrected chi connectivity index (χ1v) is 10.5. The topological polar surface area (TPSA) is 67.9 Å². The minimum absolute atomic E-state index is 0.00545. The Balaban J connectivity index is 1.75. The summed E-state index contributed by atoms with van der Waals surface area (Å²) in [6.45, 7) is 9.30. The summed E-state index contributed by atoms with van der Waals surface area (Å²) < 4.78 is 11.5. The molecule has 30 heavy (non-hydrogen) atoms. The van der Waals surface area contributed by atoms with Gasteiger partial charge in [0.15, 0.2) is 0 Å². The van der Waals surface area contributed by atoms with E-state index in [9.17, 15) is 9.59 Å². The predicted molar refractivity (Wildman–Crippen MR) is 119 cm³/mol. The van der Waals surface area contributed by atoms with Crippen molar-refractivity contribution in [2.45, 2.75) is 40.5 Å². The van der Waals surface area contributed by atoms with Gasteiger partial charge in [-0.25, -0.2) is 0 Å². The average Bonchev–Trinajstić information content (AvgIpc) is 2.83. The molecule has 1 aliphatic rings. The summed E-state index contributed by atoms with van der Waals surface area (Å²) in [5.74, 6) is 1.18. The van der Waals surface area contributed by atoms with E-state index in [2.05, 4.69) is 12.2 Å². The van der Waals surface area contributed by atoms with Crippen LogP contribution in [0.2, 0.25) is 0 Å².